The Balaban J connectivity index is 2.13. The van der Waals surface area contributed by atoms with Crippen LogP contribution in [0.4, 0.5) is 0 Å². The Kier molecular flexibility index (Phi) is 1.17. The fourth-order valence-corrected chi connectivity index (χ4v) is 1.41. The number of hydrogen-bond donors (Lipinski definition) is 0. The molecule has 0 saturated carbocycles. The summed E-state index contributed by atoms with van der Waals surface area (Å²) in [5.41, 5.74) is 0.258. The van der Waals surface area contributed by atoms with Crippen molar-refractivity contribution in [1.82, 2.24) is 0 Å². The number of ether oxygens (including phenoxy) is 1. The second-order valence-electron chi connectivity index (χ2n) is 3.15. The van der Waals surface area contributed by atoms with Gasteiger partial charge in [-0.05, 0) is 12.5 Å². The van der Waals surface area contributed by atoms with Gasteiger partial charge in [-0.15, -0.1) is 0 Å². The predicted molar refractivity (Wildman–Crippen MR) is 36.6 cm³/mol. The largest absolute Gasteiger partial charge is 0.379 e. The van der Waals surface area contributed by atoms with Crippen LogP contribution in [0.3, 0.4) is 0 Å². The summed E-state index contributed by atoms with van der Waals surface area (Å²) >= 11 is 0. The van der Waals surface area contributed by atoms with Gasteiger partial charge in [0.15, 0.2) is 5.78 Å². The maximum atomic E-state index is 10.8. The second-order valence-corrected chi connectivity index (χ2v) is 3.15. The molecule has 0 aromatic carbocycles. The van der Waals surface area contributed by atoms with Crippen molar-refractivity contribution in [1.29, 1.82) is 0 Å². The molecule has 2 rings (SSSR count). The van der Waals surface area contributed by atoms with Crippen LogP contribution in [-0.2, 0) is 9.53 Å². The van der Waals surface area contributed by atoms with Crippen LogP contribution in [0.1, 0.15) is 12.8 Å². The van der Waals surface area contributed by atoms with Crippen LogP contribution in [0.25, 0.3) is 0 Å². The van der Waals surface area contributed by atoms with E-state index in [1.165, 1.54) is 0 Å². The topological polar surface area (TPSA) is 26.3 Å². The van der Waals surface area contributed by atoms with E-state index >= 15 is 0 Å². The minimum absolute atomic E-state index is 0.258. The first kappa shape index (κ1) is 6.10. The summed E-state index contributed by atoms with van der Waals surface area (Å²) in [5, 5.41) is 0. The van der Waals surface area contributed by atoms with Crippen molar-refractivity contribution in [3.05, 3.63) is 12.2 Å². The summed E-state index contributed by atoms with van der Waals surface area (Å²) in [6.45, 7) is 1.63. The first-order chi connectivity index (χ1) is 4.81. The van der Waals surface area contributed by atoms with E-state index in [1.54, 1.807) is 6.08 Å². The second kappa shape index (κ2) is 1.92. The molecule has 0 N–H and O–H groups in total. The normalized spacial score (nSPS) is 28.6. The standard InChI is InChI=1S/C8H10O2/c9-7-1-3-8(4-2-7)5-10-6-8/h1,3H,2,4-6H2. The van der Waals surface area contributed by atoms with Crippen LogP contribution in [0, 0.1) is 5.41 Å². The Morgan fingerprint density at radius 3 is 2.70 bits per heavy atom. The van der Waals surface area contributed by atoms with Gasteiger partial charge in [0.25, 0.3) is 0 Å². The molecule has 0 aromatic rings. The van der Waals surface area contributed by atoms with Crippen LogP contribution in [0.15, 0.2) is 12.2 Å². The van der Waals surface area contributed by atoms with E-state index < -0.39 is 0 Å². The Labute approximate surface area is 59.9 Å². The third kappa shape index (κ3) is 0.797. The van der Waals surface area contributed by atoms with Gasteiger partial charge in [0.1, 0.15) is 0 Å². The summed E-state index contributed by atoms with van der Waals surface area (Å²) in [5.74, 6) is 0.262. The summed E-state index contributed by atoms with van der Waals surface area (Å²) in [6, 6.07) is 0. The van der Waals surface area contributed by atoms with Gasteiger partial charge in [-0.2, -0.15) is 0 Å². The fourth-order valence-electron chi connectivity index (χ4n) is 1.41. The lowest BCUT2D eigenvalue weighted by Gasteiger charge is -2.40. The highest BCUT2D eigenvalue weighted by Crippen LogP contribution is 2.36. The van der Waals surface area contributed by atoms with Gasteiger partial charge < -0.3 is 4.74 Å². The molecule has 1 spiro atoms. The van der Waals surface area contributed by atoms with Crippen LogP contribution < -0.4 is 0 Å². The molecule has 1 aliphatic carbocycles. The molecule has 0 aromatic heterocycles. The average molecular weight is 138 g/mol. The molecule has 1 aliphatic heterocycles. The van der Waals surface area contributed by atoms with Crippen LogP contribution >= 0.6 is 0 Å². The van der Waals surface area contributed by atoms with Crippen LogP contribution in [-0.4, -0.2) is 19.0 Å². The monoisotopic (exact) mass is 138 g/mol. The third-order valence-corrected chi connectivity index (χ3v) is 2.27. The predicted octanol–water partition coefficient (Wildman–Crippen LogP) is 0.922. The lowest BCUT2D eigenvalue weighted by Crippen LogP contribution is -2.42. The van der Waals surface area contributed by atoms with E-state index in [4.69, 9.17) is 4.74 Å². The number of hydrogen-bond acceptors (Lipinski definition) is 2. The van der Waals surface area contributed by atoms with E-state index in [0.717, 1.165) is 19.6 Å². The van der Waals surface area contributed by atoms with Crippen molar-refractivity contribution >= 4 is 5.78 Å². The van der Waals surface area contributed by atoms with Crippen molar-refractivity contribution in [2.24, 2.45) is 5.41 Å². The highest BCUT2D eigenvalue weighted by molar-refractivity contribution is 5.90. The maximum absolute atomic E-state index is 10.8. The first-order valence-corrected chi connectivity index (χ1v) is 3.61. The molecule has 1 heterocycles. The lowest BCUT2D eigenvalue weighted by atomic mass is 9.77. The summed E-state index contributed by atoms with van der Waals surface area (Å²) in [6.07, 6.45) is 5.41. The summed E-state index contributed by atoms with van der Waals surface area (Å²) in [7, 11) is 0. The number of carbonyl (C=O) groups excluding carboxylic acids is 1. The molecule has 54 valence electrons. The van der Waals surface area contributed by atoms with Crippen LogP contribution in [0.5, 0.6) is 0 Å². The van der Waals surface area contributed by atoms with Gasteiger partial charge >= 0.3 is 0 Å². The molecule has 2 heteroatoms. The van der Waals surface area contributed by atoms with Crippen molar-refractivity contribution in [3.8, 4) is 0 Å². The highest BCUT2D eigenvalue weighted by Gasteiger charge is 2.37. The molecule has 0 bridgehead atoms. The van der Waals surface area contributed by atoms with Gasteiger partial charge in [0, 0.05) is 11.8 Å². The van der Waals surface area contributed by atoms with Gasteiger partial charge in [-0.1, -0.05) is 6.08 Å². The Hall–Kier alpha value is -0.630. The Bertz CT molecular complexity index is 189. The molecule has 0 unspecified atom stereocenters. The average Bonchev–Trinajstić information content (AvgIpc) is 1.86. The van der Waals surface area contributed by atoms with E-state index in [0.29, 0.717) is 6.42 Å². The zero-order valence-electron chi connectivity index (χ0n) is 5.80. The van der Waals surface area contributed by atoms with Gasteiger partial charge in [-0.25, -0.2) is 0 Å². The van der Waals surface area contributed by atoms with Gasteiger partial charge in [0.2, 0.25) is 0 Å². The molecule has 2 nitrogen and oxygen atoms in total. The fraction of sp³-hybridized carbons (Fsp3) is 0.625. The maximum Gasteiger partial charge on any atom is 0.155 e. The minimum atomic E-state index is 0.258. The molecule has 0 atom stereocenters. The number of ketones is 1. The number of allylic oxidation sites excluding steroid dienone is 1. The van der Waals surface area contributed by atoms with E-state index in [1.807, 2.05) is 6.08 Å². The van der Waals surface area contributed by atoms with E-state index in [2.05, 4.69) is 0 Å². The first-order valence-electron chi connectivity index (χ1n) is 3.61. The molecule has 1 fully saturated rings. The summed E-state index contributed by atoms with van der Waals surface area (Å²) in [4.78, 5) is 10.8. The molecule has 0 radical (unpaired) electrons. The highest BCUT2D eigenvalue weighted by atomic mass is 16.5. The smallest absolute Gasteiger partial charge is 0.155 e. The molecule has 1 saturated heterocycles. The Morgan fingerprint density at radius 1 is 1.50 bits per heavy atom. The molecule has 0 amide bonds. The lowest BCUT2D eigenvalue weighted by molar-refractivity contribution is -0.121. The summed E-state index contributed by atoms with van der Waals surface area (Å²) < 4.78 is 5.09. The van der Waals surface area contributed by atoms with Crippen molar-refractivity contribution in [2.45, 2.75) is 12.8 Å². The van der Waals surface area contributed by atoms with Gasteiger partial charge in [-0.3, -0.25) is 4.79 Å². The van der Waals surface area contributed by atoms with E-state index in [9.17, 15) is 4.79 Å². The zero-order chi connectivity index (χ0) is 7.03. The molecular formula is C8H10O2. The third-order valence-electron chi connectivity index (χ3n) is 2.27. The SMILES string of the molecule is O=C1C=CC2(CC1)COC2. The molecule has 10 heavy (non-hydrogen) atoms. The number of rotatable bonds is 0. The minimum Gasteiger partial charge on any atom is -0.379 e. The quantitative estimate of drug-likeness (QED) is 0.497. The number of carbonyl (C=O) groups is 1. The molecular weight excluding hydrogens is 128 g/mol. The van der Waals surface area contributed by atoms with Crippen molar-refractivity contribution in [3.63, 3.8) is 0 Å². The van der Waals surface area contributed by atoms with Gasteiger partial charge in [0.05, 0.1) is 13.2 Å². The molecule has 2 aliphatic rings. The Morgan fingerprint density at radius 2 is 2.30 bits per heavy atom. The van der Waals surface area contributed by atoms with Crippen molar-refractivity contribution in [2.75, 3.05) is 13.2 Å². The van der Waals surface area contributed by atoms with E-state index in [-0.39, 0.29) is 11.2 Å². The van der Waals surface area contributed by atoms with Crippen LogP contribution in [0.2, 0.25) is 0 Å². The van der Waals surface area contributed by atoms with Crippen molar-refractivity contribution < 1.29 is 9.53 Å². The zero-order valence-corrected chi connectivity index (χ0v) is 5.80.